The molecule has 1 saturated carbocycles. The number of rotatable bonds is 8. The van der Waals surface area contributed by atoms with Gasteiger partial charge in [0.1, 0.15) is 11.9 Å². The van der Waals surface area contributed by atoms with Gasteiger partial charge in [-0.05, 0) is 42.8 Å². The lowest BCUT2D eigenvalue weighted by atomic mass is 9.87. The number of halogens is 3. The van der Waals surface area contributed by atoms with Gasteiger partial charge in [0.15, 0.2) is 0 Å². The zero-order valence-corrected chi connectivity index (χ0v) is 22.6. The molecule has 0 unspecified atom stereocenters. The van der Waals surface area contributed by atoms with Crippen LogP contribution < -0.4 is 15.1 Å². The van der Waals surface area contributed by atoms with Gasteiger partial charge in [-0.25, -0.2) is 13.8 Å². The van der Waals surface area contributed by atoms with Crippen molar-refractivity contribution in [1.29, 1.82) is 10.5 Å². The molecule has 2 atom stereocenters. The maximum absolute atomic E-state index is 13.9. The van der Waals surface area contributed by atoms with Crippen LogP contribution in [0.3, 0.4) is 0 Å². The average molecular weight is 575 g/mol. The topological polar surface area (TPSA) is 113 Å². The van der Waals surface area contributed by atoms with Crippen molar-refractivity contribution < 1.29 is 18.4 Å². The third kappa shape index (κ3) is 5.98. The van der Waals surface area contributed by atoms with Crippen molar-refractivity contribution in [2.75, 3.05) is 16.3 Å². The van der Waals surface area contributed by atoms with Crippen molar-refractivity contribution in [3.8, 4) is 12.1 Å². The fraction of sp³-hybridized carbons (Fsp3) is 0.300. The summed E-state index contributed by atoms with van der Waals surface area (Å²) >= 11 is 6.60. The second kappa shape index (κ2) is 11.5. The monoisotopic (exact) mass is 574 g/mol. The van der Waals surface area contributed by atoms with Crippen LogP contribution in [0.5, 0.6) is 0 Å². The molecule has 5 rings (SSSR count). The molecule has 8 nitrogen and oxygen atoms in total. The number of pyridine rings is 1. The molecule has 2 amide bonds. The number of amides is 2. The highest BCUT2D eigenvalue weighted by atomic mass is 35.5. The molecule has 2 heterocycles. The van der Waals surface area contributed by atoms with Crippen LogP contribution in [0, 0.1) is 22.7 Å². The summed E-state index contributed by atoms with van der Waals surface area (Å²) in [7, 11) is 0. The molecule has 0 radical (unpaired) electrons. The van der Waals surface area contributed by atoms with E-state index in [4.69, 9.17) is 11.6 Å². The van der Waals surface area contributed by atoms with Crippen LogP contribution in [0.2, 0.25) is 5.02 Å². The molecule has 2 aromatic carbocycles. The molecule has 1 aliphatic heterocycles. The van der Waals surface area contributed by atoms with E-state index in [0.717, 1.165) is 0 Å². The Labute approximate surface area is 240 Å². The zero-order valence-electron chi connectivity index (χ0n) is 21.8. The Kier molecular flexibility index (Phi) is 7.87. The second-order valence-corrected chi connectivity index (χ2v) is 10.6. The predicted octanol–water partition coefficient (Wildman–Crippen LogP) is 5.14. The number of carbonyl (C=O) groups is 2. The number of aromatic nitrogens is 1. The van der Waals surface area contributed by atoms with Crippen molar-refractivity contribution in [2.45, 2.75) is 49.7 Å². The minimum atomic E-state index is -2.83. The summed E-state index contributed by atoms with van der Waals surface area (Å²) in [6.45, 7) is 0.128. The predicted molar refractivity (Wildman–Crippen MR) is 148 cm³/mol. The number of hydrogen-bond acceptors (Lipinski definition) is 6. The van der Waals surface area contributed by atoms with Gasteiger partial charge in [0.25, 0.3) is 5.92 Å². The molecule has 1 aromatic heterocycles. The molecular weight excluding hydrogens is 550 g/mol. The van der Waals surface area contributed by atoms with Crippen molar-refractivity contribution in [3.63, 3.8) is 0 Å². The van der Waals surface area contributed by atoms with Gasteiger partial charge in [0.2, 0.25) is 11.8 Å². The van der Waals surface area contributed by atoms with Crippen LogP contribution in [0.25, 0.3) is 0 Å². The van der Waals surface area contributed by atoms with E-state index in [1.165, 1.54) is 17.2 Å². The highest BCUT2D eigenvalue weighted by Crippen LogP contribution is 2.39. The summed E-state index contributed by atoms with van der Waals surface area (Å²) in [6.07, 6.45) is 1.22. The number of alkyl halides is 2. The maximum Gasteiger partial charge on any atom is 0.252 e. The van der Waals surface area contributed by atoms with Gasteiger partial charge in [-0.3, -0.25) is 14.5 Å². The van der Waals surface area contributed by atoms with Gasteiger partial charge in [-0.2, -0.15) is 10.5 Å². The largest absolute Gasteiger partial charge is 0.354 e. The molecule has 0 bridgehead atoms. The fourth-order valence-corrected chi connectivity index (χ4v) is 5.62. The van der Waals surface area contributed by atoms with Crippen LogP contribution in [-0.2, 0) is 9.59 Å². The highest BCUT2D eigenvalue weighted by molar-refractivity contribution is 6.31. The van der Waals surface area contributed by atoms with E-state index in [1.807, 2.05) is 0 Å². The summed E-state index contributed by atoms with van der Waals surface area (Å²) in [5, 5.41) is 22.0. The lowest BCUT2D eigenvalue weighted by molar-refractivity contribution is -0.130. The summed E-state index contributed by atoms with van der Waals surface area (Å²) in [5.41, 5.74) is 1.66. The number of nitriles is 2. The Balaban J connectivity index is 1.57. The summed E-state index contributed by atoms with van der Waals surface area (Å²) < 4.78 is 27.2. The van der Waals surface area contributed by atoms with Gasteiger partial charge in [0.05, 0.1) is 29.3 Å². The van der Waals surface area contributed by atoms with E-state index >= 15 is 0 Å². The SMILES string of the molecule is N#Cc1cccc(N(C[C@@H]2CCC(=O)N2c2cc(C#N)ccn2)[C@H](C(=O)NC2CC(F)(F)C2)c2ccccc2Cl)c1. The van der Waals surface area contributed by atoms with E-state index in [2.05, 4.69) is 22.4 Å². The number of anilines is 2. The first kappa shape index (κ1) is 28.0. The van der Waals surface area contributed by atoms with Crippen LogP contribution in [0.4, 0.5) is 20.3 Å². The highest BCUT2D eigenvalue weighted by Gasteiger charge is 2.47. The molecule has 0 spiro atoms. The van der Waals surface area contributed by atoms with Gasteiger partial charge in [-0.1, -0.05) is 35.9 Å². The summed E-state index contributed by atoms with van der Waals surface area (Å²) in [4.78, 5) is 34.6. The van der Waals surface area contributed by atoms with Gasteiger partial charge in [-0.15, -0.1) is 0 Å². The maximum atomic E-state index is 13.9. The Hall–Kier alpha value is -4.54. The Bertz CT molecular complexity index is 1560. The summed E-state index contributed by atoms with van der Waals surface area (Å²) in [5.74, 6) is -3.22. The van der Waals surface area contributed by atoms with Gasteiger partial charge >= 0.3 is 0 Å². The van der Waals surface area contributed by atoms with E-state index < -0.39 is 42.8 Å². The summed E-state index contributed by atoms with van der Waals surface area (Å²) in [6, 6.07) is 18.5. The Morgan fingerprint density at radius 2 is 1.85 bits per heavy atom. The third-order valence-corrected chi connectivity index (χ3v) is 7.70. The fourth-order valence-electron chi connectivity index (χ4n) is 5.38. The number of nitrogens with one attached hydrogen (secondary N) is 1. The second-order valence-electron chi connectivity index (χ2n) is 10.2. The van der Waals surface area contributed by atoms with Crippen molar-refractivity contribution >= 4 is 34.9 Å². The minimum absolute atomic E-state index is 0.128. The van der Waals surface area contributed by atoms with Crippen LogP contribution in [0.1, 0.15) is 48.4 Å². The normalized spacial score (nSPS) is 18.6. The quantitative estimate of drug-likeness (QED) is 0.399. The average Bonchev–Trinajstić information content (AvgIpc) is 3.32. The van der Waals surface area contributed by atoms with Gasteiger partial charge in [0, 0.05) is 54.3 Å². The third-order valence-electron chi connectivity index (χ3n) is 7.36. The Morgan fingerprint density at radius 1 is 1.12 bits per heavy atom. The molecule has 41 heavy (non-hydrogen) atoms. The standard InChI is InChI=1S/C30H25ClF2N6O2/c31-25-7-2-1-6-24(25)28(29(41)37-21-14-30(32,33)15-21)38(22-5-3-4-19(12-22)16-34)18-23-8-9-27(40)39(23)26-13-20(17-35)10-11-36-26/h1-7,10-13,21,23,28H,8-9,14-15,18H2,(H,37,41)/t23-,28-/m0/s1. The van der Waals surface area contributed by atoms with E-state index in [0.29, 0.717) is 39.6 Å². The molecule has 1 aliphatic carbocycles. The number of carbonyl (C=O) groups excluding carboxylic acids is 2. The smallest absolute Gasteiger partial charge is 0.252 e. The number of nitrogens with zero attached hydrogens (tertiary/aromatic N) is 5. The van der Waals surface area contributed by atoms with E-state index in [-0.39, 0.29) is 18.9 Å². The first-order valence-electron chi connectivity index (χ1n) is 13.1. The molecule has 2 fully saturated rings. The van der Waals surface area contributed by atoms with Crippen molar-refractivity contribution in [2.24, 2.45) is 0 Å². The molecule has 2 aliphatic rings. The number of hydrogen-bond donors (Lipinski definition) is 1. The van der Waals surface area contributed by atoms with Gasteiger partial charge < -0.3 is 10.2 Å². The van der Waals surface area contributed by atoms with Crippen molar-refractivity contribution in [1.82, 2.24) is 10.3 Å². The molecule has 11 heteroatoms. The molecule has 1 N–H and O–H groups in total. The van der Waals surface area contributed by atoms with E-state index in [1.54, 1.807) is 59.5 Å². The van der Waals surface area contributed by atoms with Crippen LogP contribution >= 0.6 is 11.6 Å². The molecule has 3 aromatic rings. The first-order chi connectivity index (χ1) is 19.7. The van der Waals surface area contributed by atoms with Crippen LogP contribution in [-0.4, -0.2) is 41.3 Å². The first-order valence-corrected chi connectivity index (χ1v) is 13.4. The number of benzene rings is 2. The molecular formula is C30H25ClF2N6O2. The van der Waals surface area contributed by atoms with Crippen LogP contribution in [0.15, 0.2) is 66.9 Å². The van der Waals surface area contributed by atoms with E-state index in [9.17, 15) is 28.9 Å². The lowest BCUT2D eigenvalue weighted by Crippen LogP contribution is -2.54. The lowest BCUT2D eigenvalue weighted by Gasteiger charge is -2.40. The Morgan fingerprint density at radius 3 is 2.56 bits per heavy atom. The molecule has 1 saturated heterocycles. The minimum Gasteiger partial charge on any atom is -0.354 e. The molecule has 208 valence electrons. The zero-order chi connectivity index (χ0) is 29.1. The van der Waals surface area contributed by atoms with Crippen molar-refractivity contribution in [3.05, 3.63) is 88.6 Å².